The molecule has 1 rings (SSSR count). The molecule has 7 heteroatoms. The van der Waals surface area contributed by atoms with Crippen molar-refractivity contribution in [2.24, 2.45) is 0 Å². The van der Waals surface area contributed by atoms with Crippen LogP contribution >= 0.6 is 0 Å². The number of rotatable bonds is 8. The van der Waals surface area contributed by atoms with E-state index in [1.54, 1.807) is 18.2 Å². The maximum Gasteiger partial charge on any atom is 0.319 e. The van der Waals surface area contributed by atoms with Crippen LogP contribution in [-0.4, -0.2) is 32.6 Å². The molecule has 0 unspecified atom stereocenters. The number of alkyl halides is 4. The van der Waals surface area contributed by atoms with Gasteiger partial charge in [-0.3, -0.25) is 0 Å². The van der Waals surface area contributed by atoms with Gasteiger partial charge in [0.15, 0.2) is 11.5 Å². The highest BCUT2D eigenvalue weighted by Gasteiger charge is 2.39. The Balaban J connectivity index is 2.61. The van der Waals surface area contributed by atoms with E-state index in [0.717, 1.165) is 0 Å². The highest BCUT2D eigenvalue weighted by atomic mass is 19.3. The number of hydrogen-bond acceptors (Lipinski definition) is 3. The van der Waals surface area contributed by atoms with Crippen LogP contribution in [0.1, 0.15) is 12.5 Å². The molecule has 20 heavy (non-hydrogen) atoms. The van der Waals surface area contributed by atoms with E-state index in [0.29, 0.717) is 23.7 Å². The smallest absolute Gasteiger partial charge is 0.319 e. The third-order valence-electron chi connectivity index (χ3n) is 2.54. The predicted molar refractivity (Wildman–Crippen MR) is 66.8 cm³/mol. The second-order valence-corrected chi connectivity index (χ2v) is 4.08. The third-order valence-corrected chi connectivity index (χ3v) is 2.54. The Bertz CT molecular complexity index is 427. The number of nitrogens with one attached hydrogen (secondary N) is 1. The highest BCUT2D eigenvalue weighted by Crippen LogP contribution is 2.28. The van der Waals surface area contributed by atoms with Crippen molar-refractivity contribution in [1.29, 1.82) is 0 Å². The quantitative estimate of drug-likeness (QED) is 0.748. The summed E-state index contributed by atoms with van der Waals surface area (Å²) in [5.74, 6) is -3.03. The van der Waals surface area contributed by atoms with Crippen molar-refractivity contribution in [2.45, 2.75) is 25.8 Å². The second kappa shape index (κ2) is 7.33. The van der Waals surface area contributed by atoms with E-state index in [1.807, 2.05) is 6.92 Å². The van der Waals surface area contributed by atoms with Crippen molar-refractivity contribution in [3.8, 4) is 11.5 Å². The summed E-state index contributed by atoms with van der Waals surface area (Å²) in [4.78, 5) is 0. The number of halogens is 4. The third kappa shape index (κ3) is 4.56. The first kappa shape index (κ1) is 16.6. The van der Waals surface area contributed by atoms with E-state index >= 15 is 0 Å². The first-order valence-electron chi connectivity index (χ1n) is 6.07. The van der Waals surface area contributed by atoms with Gasteiger partial charge >= 0.3 is 12.3 Å². The van der Waals surface area contributed by atoms with Crippen molar-refractivity contribution in [3.05, 3.63) is 23.8 Å². The Morgan fingerprint density at radius 3 is 2.50 bits per heavy atom. The molecular formula is C13H17F4NO2. The topological polar surface area (TPSA) is 30.5 Å². The monoisotopic (exact) mass is 295 g/mol. The zero-order chi connectivity index (χ0) is 15.2. The van der Waals surface area contributed by atoms with Crippen LogP contribution in [0.3, 0.4) is 0 Å². The van der Waals surface area contributed by atoms with Crippen LogP contribution in [0.2, 0.25) is 0 Å². The molecular weight excluding hydrogens is 278 g/mol. The van der Waals surface area contributed by atoms with Crippen molar-refractivity contribution < 1.29 is 27.0 Å². The van der Waals surface area contributed by atoms with Gasteiger partial charge in [-0.25, -0.2) is 8.78 Å². The summed E-state index contributed by atoms with van der Waals surface area (Å²) in [6.07, 6.45) is -3.68. The molecule has 0 atom stereocenters. The molecule has 0 aliphatic carbocycles. The summed E-state index contributed by atoms with van der Waals surface area (Å²) in [6, 6.07) is 4.91. The first-order chi connectivity index (χ1) is 9.40. The fraction of sp³-hybridized carbons (Fsp3) is 0.538. The Morgan fingerprint density at radius 2 is 1.95 bits per heavy atom. The zero-order valence-corrected chi connectivity index (χ0v) is 11.3. The predicted octanol–water partition coefficient (Wildman–Crippen LogP) is 3.08. The van der Waals surface area contributed by atoms with Crippen molar-refractivity contribution in [2.75, 3.05) is 20.3 Å². The molecule has 3 nitrogen and oxygen atoms in total. The molecule has 0 aromatic heterocycles. The molecule has 1 aromatic rings. The molecule has 0 aliphatic heterocycles. The molecule has 0 heterocycles. The maximum atomic E-state index is 12.7. The summed E-state index contributed by atoms with van der Waals surface area (Å²) < 4.78 is 59.8. The number of benzene rings is 1. The number of methoxy groups -OCH3 is 1. The SMILES string of the molecule is CCOc1ccc(CNCC(F)(F)C(F)F)cc1OC. The fourth-order valence-electron chi connectivity index (χ4n) is 1.55. The molecule has 0 fully saturated rings. The second-order valence-electron chi connectivity index (χ2n) is 4.08. The molecule has 0 bridgehead atoms. The van der Waals surface area contributed by atoms with Crippen molar-refractivity contribution in [3.63, 3.8) is 0 Å². The van der Waals surface area contributed by atoms with E-state index in [2.05, 4.69) is 5.32 Å². The normalized spacial score (nSPS) is 11.8. The van der Waals surface area contributed by atoms with Crippen LogP contribution < -0.4 is 14.8 Å². The Labute approximate surface area is 114 Å². The number of ether oxygens (including phenoxy) is 2. The molecule has 1 N–H and O–H groups in total. The lowest BCUT2D eigenvalue weighted by Crippen LogP contribution is -2.38. The lowest BCUT2D eigenvalue weighted by Gasteiger charge is -2.16. The lowest BCUT2D eigenvalue weighted by atomic mass is 10.2. The van der Waals surface area contributed by atoms with E-state index in [1.165, 1.54) is 7.11 Å². The van der Waals surface area contributed by atoms with Gasteiger partial charge in [0.05, 0.1) is 20.3 Å². The van der Waals surface area contributed by atoms with Gasteiger partial charge in [-0.05, 0) is 24.6 Å². The zero-order valence-electron chi connectivity index (χ0n) is 11.3. The molecule has 0 aliphatic rings. The van der Waals surface area contributed by atoms with Crippen molar-refractivity contribution in [1.82, 2.24) is 5.32 Å². The van der Waals surface area contributed by atoms with Gasteiger partial charge in [0, 0.05) is 6.54 Å². The standard InChI is InChI=1S/C13H17F4NO2/c1-3-20-10-5-4-9(6-11(10)19-2)7-18-8-13(16,17)12(14)15/h4-6,12,18H,3,7-8H2,1-2H3. The Morgan fingerprint density at radius 1 is 1.25 bits per heavy atom. The minimum atomic E-state index is -4.03. The van der Waals surface area contributed by atoms with Crippen molar-refractivity contribution >= 4 is 0 Å². The molecule has 1 aromatic carbocycles. The minimum absolute atomic E-state index is 0.0328. The summed E-state index contributed by atoms with van der Waals surface area (Å²) in [5.41, 5.74) is 0.635. The van der Waals surface area contributed by atoms with Crippen LogP contribution in [0.25, 0.3) is 0 Å². The first-order valence-corrected chi connectivity index (χ1v) is 6.07. The molecule has 114 valence electrons. The Hall–Kier alpha value is -1.50. The average Bonchev–Trinajstić information content (AvgIpc) is 2.40. The minimum Gasteiger partial charge on any atom is -0.493 e. The number of hydrogen-bond donors (Lipinski definition) is 1. The van der Waals surface area contributed by atoms with E-state index < -0.39 is 18.9 Å². The highest BCUT2D eigenvalue weighted by molar-refractivity contribution is 5.42. The molecule has 0 amide bonds. The van der Waals surface area contributed by atoms with Gasteiger partial charge in [0.2, 0.25) is 0 Å². The lowest BCUT2D eigenvalue weighted by molar-refractivity contribution is -0.125. The summed E-state index contributed by atoms with van der Waals surface area (Å²) in [5, 5.41) is 2.30. The van der Waals surface area contributed by atoms with Gasteiger partial charge in [-0.2, -0.15) is 8.78 Å². The van der Waals surface area contributed by atoms with Gasteiger partial charge in [0.1, 0.15) is 0 Å². The molecule has 0 saturated carbocycles. The molecule has 0 saturated heterocycles. The largest absolute Gasteiger partial charge is 0.493 e. The van der Waals surface area contributed by atoms with E-state index in [-0.39, 0.29) is 6.54 Å². The van der Waals surface area contributed by atoms with Crippen LogP contribution in [0.5, 0.6) is 11.5 Å². The summed E-state index contributed by atoms with van der Waals surface area (Å²) >= 11 is 0. The fourth-order valence-corrected chi connectivity index (χ4v) is 1.55. The Kier molecular flexibility index (Phi) is 6.06. The summed E-state index contributed by atoms with van der Waals surface area (Å²) in [7, 11) is 1.46. The van der Waals surface area contributed by atoms with Gasteiger partial charge in [-0.1, -0.05) is 6.07 Å². The van der Waals surface area contributed by atoms with Gasteiger partial charge in [-0.15, -0.1) is 0 Å². The molecule has 0 spiro atoms. The van der Waals surface area contributed by atoms with Gasteiger partial charge in [0.25, 0.3) is 0 Å². The molecule has 0 radical (unpaired) electrons. The van der Waals surface area contributed by atoms with Crippen LogP contribution in [0, 0.1) is 0 Å². The average molecular weight is 295 g/mol. The summed E-state index contributed by atoms with van der Waals surface area (Å²) in [6.45, 7) is 1.24. The van der Waals surface area contributed by atoms with E-state index in [9.17, 15) is 17.6 Å². The van der Waals surface area contributed by atoms with Crippen LogP contribution in [-0.2, 0) is 6.54 Å². The van der Waals surface area contributed by atoms with Gasteiger partial charge < -0.3 is 14.8 Å². The van der Waals surface area contributed by atoms with Crippen LogP contribution in [0.15, 0.2) is 18.2 Å². The maximum absolute atomic E-state index is 12.7. The van der Waals surface area contributed by atoms with E-state index in [4.69, 9.17) is 9.47 Å². The van der Waals surface area contributed by atoms with Crippen LogP contribution in [0.4, 0.5) is 17.6 Å².